The molecule has 0 aromatic heterocycles. The summed E-state index contributed by atoms with van der Waals surface area (Å²) in [6, 6.07) is 0. The zero-order chi connectivity index (χ0) is 6.69. The minimum Gasteiger partial charge on any atom is -0.352 e. The van der Waals surface area contributed by atoms with Crippen LogP contribution in [0.1, 0.15) is 19.8 Å². The van der Waals surface area contributed by atoms with Crippen molar-refractivity contribution in [3.05, 3.63) is 11.6 Å². The number of hydrogen-bond acceptors (Lipinski definition) is 1. The van der Waals surface area contributed by atoms with Gasteiger partial charge in [0, 0.05) is 13.0 Å². The molecule has 1 aliphatic heterocycles. The maximum Gasteiger partial charge on any atom is 0.224 e. The minimum atomic E-state index is 0.146. The van der Waals surface area contributed by atoms with Gasteiger partial charge in [0.25, 0.3) is 0 Å². The smallest absolute Gasteiger partial charge is 0.224 e. The van der Waals surface area contributed by atoms with E-state index in [1.165, 1.54) is 5.57 Å². The summed E-state index contributed by atoms with van der Waals surface area (Å²) in [5.74, 6) is 0.146. The second-order valence-corrected chi connectivity index (χ2v) is 2.20. The van der Waals surface area contributed by atoms with Crippen molar-refractivity contribution in [2.75, 3.05) is 6.54 Å². The van der Waals surface area contributed by atoms with Crippen LogP contribution < -0.4 is 5.32 Å². The van der Waals surface area contributed by atoms with Crippen LogP contribution in [0.15, 0.2) is 11.6 Å². The quantitative estimate of drug-likeness (QED) is 0.517. The minimum absolute atomic E-state index is 0.146. The Hall–Kier alpha value is -0.790. The molecule has 0 saturated heterocycles. The van der Waals surface area contributed by atoms with Crippen LogP contribution >= 0.6 is 0 Å². The van der Waals surface area contributed by atoms with Crippen LogP contribution in [0, 0.1) is 0 Å². The number of rotatable bonds is 1. The van der Waals surface area contributed by atoms with Gasteiger partial charge in [0.05, 0.1) is 0 Å². The molecule has 0 aromatic rings. The summed E-state index contributed by atoms with van der Waals surface area (Å²) in [6.45, 7) is 2.86. The molecule has 0 fully saturated rings. The van der Waals surface area contributed by atoms with Crippen LogP contribution in [0.3, 0.4) is 0 Å². The van der Waals surface area contributed by atoms with Crippen molar-refractivity contribution in [3.63, 3.8) is 0 Å². The molecule has 0 radical (unpaired) electrons. The summed E-state index contributed by atoms with van der Waals surface area (Å²) in [5, 5.41) is 2.78. The fourth-order valence-corrected chi connectivity index (χ4v) is 0.863. The summed E-state index contributed by atoms with van der Waals surface area (Å²) in [4.78, 5) is 10.6. The SMILES string of the molecule is CCC1=CCC(=O)NC1. The lowest BCUT2D eigenvalue weighted by molar-refractivity contribution is -0.120. The second kappa shape index (κ2) is 2.67. The van der Waals surface area contributed by atoms with Crippen molar-refractivity contribution in [1.82, 2.24) is 5.32 Å². The van der Waals surface area contributed by atoms with Crippen molar-refractivity contribution in [3.8, 4) is 0 Å². The van der Waals surface area contributed by atoms with Crippen LogP contribution in [0.2, 0.25) is 0 Å². The Balaban J connectivity index is 2.50. The molecule has 0 bridgehead atoms. The first kappa shape index (κ1) is 6.33. The van der Waals surface area contributed by atoms with Gasteiger partial charge in [-0.05, 0) is 6.42 Å². The fraction of sp³-hybridized carbons (Fsp3) is 0.571. The molecule has 2 heteroatoms. The predicted octanol–water partition coefficient (Wildman–Crippen LogP) is 0.843. The van der Waals surface area contributed by atoms with Gasteiger partial charge in [-0.3, -0.25) is 4.79 Å². The number of carbonyl (C=O) groups is 1. The Morgan fingerprint density at radius 3 is 3.00 bits per heavy atom. The van der Waals surface area contributed by atoms with Crippen LogP contribution in [-0.4, -0.2) is 12.5 Å². The summed E-state index contributed by atoms with van der Waals surface area (Å²) < 4.78 is 0. The largest absolute Gasteiger partial charge is 0.352 e. The molecule has 0 aromatic carbocycles. The third-order valence-corrected chi connectivity index (χ3v) is 1.54. The van der Waals surface area contributed by atoms with Crippen LogP contribution in [0.5, 0.6) is 0 Å². The van der Waals surface area contributed by atoms with Crippen molar-refractivity contribution in [2.45, 2.75) is 19.8 Å². The van der Waals surface area contributed by atoms with E-state index >= 15 is 0 Å². The Bertz CT molecular complexity index is 149. The summed E-state index contributed by atoms with van der Waals surface area (Å²) in [5.41, 5.74) is 1.34. The molecule has 0 saturated carbocycles. The Morgan fingerprint density at radius 2 is 2.56 bits per heavy atom. The molecule has 1 heterocycles. The third-order valence-electron chi connectivity index (χ3n) is 1.54. The van der Waals surface area contributed by atoms with Crippen molar-refractivity contribution in [1.29, 1.82) is 0 Å². The van der Waals surface area contributed by atoms with E-state index in [1.54, 1.807) is 0 Å². The highest BCUT2D eigenvalue weighted by Gasteiger charge is 2.05. The van der Waals surface area contributed by atoms with Gasteiger partial charge in [-0.15, -0.1) is 0 Å². The van der Waals surface area contributed by atoms with E-state index in [4.69, 9.17) is 0 Å². The van der Waals surface area contributed by atoms with Crippen LogP contribution in [-0.2, 0) is 4.79 Å². The zero-order valence-electron chi connectivity index (χ0n) is 5.61. The molecule has 50 valence electrons. The van der Waals surface area contributed by atoms with Crippen molar-refractivity contribution in [2.24, 2.45) is 0 Å². The summed E-state index contributed by atoms with van der Waals surface area (Å²) in [6.07, 6.45) is 3.64. The normalized spacial score (nSPS) is 18.8. The topological polar surface area (TPSA) is 29.1 Å². The number of nitrogens with one attached hydrogen (secondary N) is 1. The van der Waals surface area contributed by atoms with Gasteiger partial charge in [-0.1, -0.05) is 18.6 Å². The number of amides is 1. The molecule has 1 amide bonds. The van der Waals surface area contributed by atoms with Gasteiger partial charge in [0.1, 0.15) is 0 Å². The maximum atomic E-state index is 10.6. The zero-order valence-corrected chi connectivity index (χ0v) is 5.61. The Kier molecular flexibility index (Phi) is 1.88. The van der Waals surface area contributed by atoms with Crippen LogP contribution in [0.25, 0.3) is 0 Å². The average Bonchev–Trinajstić information content (AvgIpc) is 1.90. The van der Waals surface area contributed by atoms with Gasteiger partial charge >= 0.3 is 0 Å². The van der Waals surface area contributed by atoms with Crippen molar-refractivity contribution < 1.29 is 4.79 Å². The fourth-order valence-electron chi connectivity index (χ4n) is 0.863. The van der Waals surface area contributed by atoms with E-state index < -0.39 is 0 Å². The van der Waals surface area contributed by atoms with Gasteiger partial charge in [-0.25, -0.2) is 0 Å². The van der Waals surface area contributed by atoms with E-state index in [1.807, 2.05) is 6.08 Å². The summed E-state index contributed by atoms with van der Waals surface area (Å²) in [7, 11) is 0. The predicted molar refractivity (Wildman–Crippen MR) is 36.0 cm³/mol. The van der Waals surface area contributed by atoms with Gasteiger partial charge in [0.15, 0.2) is 0 Å². The molecular weight excluding hydrogens is 114 g/mol. The highest BCUT2D eigenvalue weighted by molar-refractivity contribution is 5.79. The van der Waals surface area contributed by atoms with E-state index in [2.05, 4.69) is 12.2 Å². The van der Waals surface area contributed by atoms with E-state index in [0.29, 0.717) is 6.42 Å². The molecule has 1 aliphatic rings. The molecular formula is C7H11NO. The lowest BCUT2D eigenvalue weighted by Crippen LogP contribution is -2.28. The first-order valence-electron chi connectivity index (χ1n) is 3.27. The molecule has 0 unspecified atom stereocenters. The molecule has 0 spiro atoms. The van der Waals surface area contributed by atoms with E-state index in [-0.39, 0.29) is 5.91 Å². The van der Waals surface area contributed by atoms with Gasteiger partial charge in [0.2, 0.25) is 5.91 Å². The van der Waals surface area contributed by atoms with Gasteiger partial charge in [-0.2, -0.15) is 0 Å². The molecule has 1 rings (SSSR count). The molecule has 0 atom stereocenters. The lowest BCUT2D eigenvalue weighted by Gasteiger charge is -2.11. The maximum absolute atomic E-state index is 10.6. The summed E-state index contributed by atoms with van der Waals surface area (Å²) >= 11 is 0. The van der Waals surface area contributed by atoms with Crippen LogP contribution in [0.4, 0.5) is 0 Å². The standard InChI is InChI=1S/C7H11NO/c1-2-6-3-4-7(9)8-5-6/h3H,2,4-5H2,1H3,(H,8,9). The number of carbonyl (C=O) groups excluding carboxylic acids is 1. The average molecular weight is 125 g/mol. The van der Waals surface area contributed by atoms with Crippen molar-refractivity contribution >= 4 is 5.91 Å². The number of hydrogen-bond donors (Lipinski definition) is 1. The monoisotopic (exact) mass is 125 g/mol. The highest BCUT2D eigenvalue weighted by Crippen LogP contribution is 2.04. The molecule has 2 nitrogen and oxygen atoms in total. The molecule has 0 aliphatic carbocycles. The Labute approximate surface area is 54.9 Å². The molecule has 1 N–H and O–H groups in total. The first-order valence-corrected chi connectivity index (χ1v) is 3.27. The first-order chi connectivity index (χ1) is 4.33. The Morgan fingerprint density at radius 1 is 1.78 bits per heavy atom. The van der Waals surface area contributed by atoms with E-state index in [0.717, 1.165) is 13.0 Å². The van der Waals surface area contributed by atoms with E-state index in [9.17, 15) is 4.79 Å². The third kappa shape index (κ3) is 1.56. The van der Waals surface area contributed by atoms with Gasteiger partial charge < -0.3 is 5.32 Å². The lowest BCUT2D eigenvalue weighted by atomic mass is 10.1. The molecule has 9 heavy (non-hydrogen) atoms. The highest BCUT2D eigenvalue weighted by atomic mass is 16.1. The second-order valence-electron chi connectivity index (χ2n) is 2.20.